The Morgan fingerprint density at radius 3 is 2.41 bits per heavy atom. The molecule has 2 aromatic heterocycles. The lowest BCUT2D eigenvalue weighted by molar-refractivity contribution is -0.105. The van der Waals surface area contributed by atoms with Crippen LogP contribution < -0.4 is 5.32 Å². The summed E-state index contributed by atoms with van der Waals surface area (Å²) in [6.45, 7) is 2.04. The predicted octanol–water partition coefficient (Wildman–Crippen LogP) is 4.68. The van der Waals surface area contributed by atoms with E-state index < -0.39 is 0 Å². The molecule has 0 saturated carbocycles. The smallest absolute Gasteiger partial charge is 0.212 e. The summed E-state index contributed by atoms with van der Waals surface area (Å²) in [5.41, 5.74) is 4.40. The van der Waals surface area contributed by atoms with E-state index in [0.717, 1.165) is 16.8 Å². The van der Waals surface area contributed by atoms with Gasteiger partial charge in [-0.15, -0.1) is 11.3 Å². The number of amides is 1. The van der Waals surface area contributed by atoms with Crippen molar-refractivity contribution in [2.24, 2.45) is 0 Å². The van der Waals surface area contributed by atoms with Crippen LogP contribution in [0.2, 0.25) is 0 Å². The van der Waals surface area contributed by atoms with Crippen LogP contribution in [-0.2, 0) is 4.79 Å². The molecule has 0 saturated heterocycles. The first-order valence-corrected chi connectivity index (χ1v) is 9.11. The van der Waals surface area contributed by atoms with Crippen molar-refractivity contribution < 1.29 is 9.18 Å². The summed E-state index contributed by atoms with van der Waals surface area (Å²) in [6.07, 6.45) is 0.594. The van der Waals surface area contributed by atoms with Crippen LogP contribution in [0.3, 0.4) is 0 Å². The number of nitrogens with one attached hydrogen (secondary N) is 1. The number of anilines is 1. The molecule has 2 aromatic carbocycles. The van der Waals surface area contributed by atoms with E-state index in [0.29, 0.717) is 23.1 Å². The first-order chi connectivity index (χ1) is 13.1. The number of hydrogen-bond donors (Lipinski definition) is 1. The summed E-state index contributed by atoms with van der Waals surface area (Å²) in [4.78, 5) is 15.6. The van der Waals surface area contributed by atoms with Crippen molar-refractivity contribution in [3.05, 3.63) is 71.4 Å². The summed E-state index contributed by atoms with van der Waals surface area (Å²) in [6, 6.07) is 15.9. The highest BCUT2D eigenvalue weighted by atomic mass is 32.1. The van der Waals surface area contributed by atoms with Gasteiger partial charge in [0, 0.05) is 22.6 Å². The van der Waals surface area contributed by atoms with E-state index >= 15 is 0 Å². The molecule has 1 amide bonds. The van der Waals surface area contributed by atoms with Crippen molar-refractivity contribution in [1.82, 2.24) is 14.8 Å². The number of thiazole rings is 1. The fraction of sp³-hybridized carbons (Fsp3) is 0.0500. The van der Waals surface area contributed by atoms with E-state index in [1.807, 2.05) is 36.6 Å². The molecule has 0 aliphatic heterocycles. The number of rotatable bonds is 5. The quantitative estimate of drug-likeness (QED) is 0.513. The number of benzene rings is 2. The molecule has 1 N–H and O–H groups in total. The monoisotopic (exact) mass is 378 g/mol. The van der Waals surface area contributed by atoms with Crippen LogP contribution >= 0.6 is 11.3 Å². The molecule has 4 aromatic rings. The lowest BCUT2D eigenvalue weighted by Crippen LogP contribution is -2.04. The lowest BCUT2D eigenvalue weighted by atomic mass is 10.1. The van der Waals surface area contributed by atoms with Gasteiger partial charge in [-0.1, -0.05) is 29.8 Å². The maximum atomic E-state index is 13.2. The molecule has 4 rings (SSSR count). The SMILES string of the molecule is Cc1ccc(-c2csc(-n3nc(-c4ccc(F)cc4)cc3NC=O)n2)cc1. The van der Waals surface area contributed by atoms with Crippen molar-refractivity contribution in [2.45, 2.75) is 6.92 Å². The Kier molecular flexibility index (Phi) is 4.52. The van der Waals surface area contributed by atoms with Crippen molar-refractivity contribution in [3.63, 3.8) is 0 Å². The third kappa shape index (κ3) is 3.50. The summed E-state index contributed by atoms with van der Waals surface area (Å²) < 4.78 is 14.7. The number of nitrogens with zero attached hydrogens (tertiary/aromatic N) is 3. The normalized spacial score (nSPS) is 10.7. The molecule has 27 heavy (non-hydrogen) atoms. The van der Waals surface area contributed by atoms with Crippen LogP contribution in [0.15, 0.2) is 60.0 Å². The van der Waals surface area contributed by atoms with Crippen LogP contribution in [0.5, 0.6) is 0 Å². The van der Waals surface area contributed by atoms with Crippen molar-refractivity contribution in [2.75, 3.05) is 5.32 Å². The van der Waals surface area contributed by atoms with Crippen molar-refractivity contribution in [3.8, 4) is 27.6 Å². The number of aromatic nitrogens is 3. The van der Waals surface area contributed by atoms with Crippen LogP contribution in [0.4, 0.5) is 10.2 Å². The summed E-state index contributed by atoms with van der Waals surface area (Å²) in [5, 5.41) is 9.76. The zero-order valence-electron chi connectivity index (χ0n) is 14.4. The second-order valence-corrected chi connectivity index (χ2v) is 6.81. The van der Waals surface area contributed by atoms with Gasteiger partial charge in [0.15, 0.2) is 0 Å². The molecule has 2 heterocycles. The highest BCUT2D eigenvalue weighted by molar-refractivity contribution is 7.12. The van der Waals surface area contributed by atoms with Gasteiger partial charge in [-0.2, -0.15) is 9.78 Å². The number of halogens is 1. The van der Waals surface area contributed by atoms with Gasteiger partial charge in [0.25, 0.3) is 0 Å². The fourth-order valence-electron chi connectivity index (χ4n) is 2.67. The summed E-state index contributed by atoms with van der Waals surface area (Å²) in [7, 11) is 0. The van der Waals surface area contributed by atoms with Crippen LogP contribution in [0, 0.1) is 12.7 Å². The second-order valence-electron chi connectivity index (χ2n) is 5.98. The van der Waals surface area contributed by atoms with Crippen LogP contribution in [0.25, 0.3) is 27.6 Å². The van der Waals surface area contributed by atoms with Crippen molar-refractivity contribution in [1.29, 1.82) is 0 Å². The van der Waals surface area contributed by atoms with Gasteiger partial charge in [-0.3, -0.25) is 4.79 Å². The third-order valence-electron chi connectivity index (χ3n) is 4.08. The maximum Gasteiger partial charge on any atom is 0.212 e. The fourth-order valence-corrected chi connectivity index (χ4v) is 3.47. The van der Waals surface area contributed by atoms with Gasteiger partial charge >= 0.3 is 0 Å². The van der Waals surface area contributed by atoms with E-state index in [1.165, 1.54) is 29.0 Å². The van der Waals surface area contributed by atoms with E-state index in [4.69, 9.17) is 0 Å². The molecule has 0 aliphatic carbocycles. The Labute approximate surface area is 159 Å². The minimum Gasteiger partial charge on any atom is -0.313 e. The van der Waals surface area contributed by atoms with E-state index in [9.17, 15) is 9.18 Å². The molecular weight excluding hydrogens is 363 g/mol. The molecule has 0 spiro atoms. The predicted molar refractivity (Wildman–Crippen MR) is 104 cm³/mol. The number of aryl methyl sites for hydroxylation is 1. The van der Waals surface area contributed by atoms with E-state index in [1.54, 1.807) is 22.9 Å². The average Bonchev–Trinajstić information content (AvgIpc) is 3.31. The van der Waals surface area contributed by atoms with Gasteiger partial charge in [-0.05, 0) is 31.2 Å². The molecule has 0 radical (unpaired) electrons. The molecule has 134 valence electrons. The lowest BCUT2D eigenvalue weighted by Gasteiger charge is -2.01. The Hall–Kier alpha value is -3.32. The third-order valence-corrected chi connectivity index (χ3v) is 4.89. The Morgan fingerprint density at radius 2 is 1.70 bits per heavy atom. The second kappa shape index (κ2) is 7.13. The zero-order chi connectivity index (χ0) is 18.8. The summed E-state index contributed by atoms with van der Waals surface area (Å²) >= 11 is 1.43. The van der Waals surface area contributed by atoms with Gasteiger partial charge < -0.3 is 5.32 Å². The minimum absolute atomic E-state index is 0.313. The Balaban J connectivity index is 1.73. The van der Waals surface area contributed by atoms with Crippen molar-refractivity contribution >= 4 is 23.6 Å². The standard InChI is InChI=1S/C20H15FN4OS/c1-13-2-4-15(5-3-13)18-11-27-20(23-18)25-19(22-12-26)10-17(24-25)14-6-8-16(21)9-7-14/h2-12H,1H3,(H,22,26). The number of carbonyl (C=O) groups is 1. The van der Waals surface area contributed by atoms with Gasteiger partial charge in [0.1, 0.15) is 11.6 Å². The highest BCUT2D eigenvalue weighted by Gasteiger charge is 2.14. The highest BCUT2D eigenvalue weighted by Crippen LogP contribution is 2.29. The molecule has 5 nitrogen and oxygen atoms in total. The molecule has 0 aliphatic rings. The Bertz CT molecular complexity index is 1080. The van der Waals surface area contributed by atoms with Crippen LogP contribution in [-0.4, -0.2) is 21.2 Å². The molecule has 0 unspecified atom stereocenters. The Morgan fingerprint density at radius 1 is 1.04 bits per heavy atom. The number of carbonyl (C=O) groups excluding carboxylic acids is 1. The molecule has 0 fully saturated rings. The van der Waals surface area contributed by atoms with Gasteiger partial charge in [0.2, 0.25) is 11.5 Å². The van der Waals surface area contributed by atoms with Gasteiger partial charge in [-0.25, -0.2) is 9.37 Å². The maximum absolute atomic E-state index is 13.2. The first-order valence-electron chi connectivity index (χ1n) is 8.23. The topological polar surface area (TPSA) is 59.8 Å². The molecule has 0 bridgehead atoms. The van der Waals surface area contributed by atoms with E-state index in [-0.39, 0.29) is 5.82 Å². The molecular formula is C20H15FN4OS. The minimum atomic E-state index is -0.313. The summed E-state index contributed by atoms with van der Waals surface area (Å²) in [5.74, 6) is 0.182. The molecule has 7 heteroatoms. The number of hydrogen-bond acceptors (Lipinski definition) is 4. The first kappa shape index (κ1) is 17.1. The van der Waals surface area contributed by atoms with Gasteiger partial charge in [0.05, 0.1) is 11.4 Å². The molecule has 0 atom stereocenters. The van der Waals surface area contributed by atoms with E-state index in [2.05, 4.69) is 15.4 Å². The average molecular weight is 378 g/mol. The largest absolute Gasteiger partial charge is 0.313 e. The van der Waals surface area contributed by atoms with Crippen LogP contribution in [0.1, 0.15) is 5.56 Å². The zero-order valence-corrected chi connectivity index (χ0v) is 15.2.